The van der Waals surface area contributed by atoms with Gasteiger partial charge < -0.3 is 9.84 Å². The highest BCUT2D eigenvalue weighted by atomic mass is 19.1. The number of ether oxygens (including phenoxy) is 1. The van der Waals surface area contributed by atoms with E-state index in [1.54, 1.807) is 42.5 Å². The van der Waals surface area contributed by atoms with Crippen LogP contribution in [0.5, 0.6) is 5.75 Å². The highest BCUT2D eigenvalue weighted by Crippen LogP contribution is 2.43. The smallest absolute Gasteiger partial charge is 0.300 e. The van der Waals surface area contributed by atoms with Gasteiger partial charge in [0.05, 0.1) is 23.9 Å². The molecule has 0 bridgehead atoms. The molecule has 0 radical (unpaired) electrons. The highest BCUT2D eigenvalue weighted by molar-refractivity contribution is 6.51. The van der Waals surface area contributed by atoms with Gasteiger partial charge in [0.1, 0.15) is 23.1 Å². The van der Waals surface area contributed by atoms with Crippen molar-refractivity contribution in [1.82, 2.24) is 0 Å². The third kappa shape index (κ3) is 4.09. The Balaban J connectivity index is 1.92. The number of carbonyl (C=O) groups is 2. The van der Waals surface area contributed by atoms with Gasteiger partial charge in [-0.3, -0.25) is 14.5 Å². The number of aryl methyl sites for hydroxylation is 1. The molecule has 3 aromatic carbocycles. The Labute approximate surface area is 189 Å². The lowest BCUT2D eigenvalue weighted by Crippen LogP contribution is -2.30. The number of anilines is 1. The van der Waals surface area contributed by atoms with Gasteiger partial charge in [-0.05, 0) is 55.8 Å². The maximum Gasteiger partial charge on any atom is 0.300 e. The largest absolute Gasteiger partial charge is 0.507 e. The Bertz CT molecular complexity index is 1270. The van der Waals surface area contributed by atoms with Crippen molar-refractivity contribution in [3.05, 3.63) is 101 Å². The van der Waals surface area contributed by atoms with E-state index in [2.05, 4.69) is 0 Å². The molecule has 1 amide bonds. The first-order valence-corrected chi connectivity index (χ1v) is 10.4. The molecule has 1 atom stereocenters. The van der Waals surface area contributed by atoms with Crippen molar-refractivity contribution >= 4 is 23.1 Å². The number of aliphatic hydroxyl groups is 1. The van der Waals surface area contributed by atoms with Gasteiger partial charge in [-0.1, -0.05) is 29.8 Å². The maximum absolute atomic E-state index is 14.7. The number of Topliss-reactive ketones (excluding diaryl/α,β-unsaturated/α-hetero) is 1. The Morgan fingerprint density at radius 2 is 1.76 bits per heavy atom. The SMILES string of the molecule is CCOc1ccc(/C(O)=C2\C(=O)C(=O)N(c3ccc(F)cc3F)C2c2cccc(C)c2)cc1. The van der Waals surface area contributed by atoms with E-state index in [1.165, 1.54) is 0 Å². The van der Waals surface area contributed by atoms with Crippen molar-refractivity contribution in [2.24, 2.45) is 0 Å². The van der Waals surface area contributed by atoms with E-state index in [1.807, 2.05) is 19.9 Å². The van der Waals surface area contributed by atoms with Crippen molar-refractivity contribution in [2.45, 2.75) is 19.9 Å². The monoisotopic (exact) mass is 449 g/mol. The second kappa shape index (κ2) is 8.86. The third-order valence-corrected chi connectivity index (χ3v) is 5.41. The quantitative estimate of drug-likeness (QED) is 0.326. The van der Waals surface area contributed by atoms with Crippen molar-refractivity contribution in [2.75, 3.05) is 11.5 Å². The van der Waals surface area contributed by atoms with Gasteiger partial charge >= 0.3 is 0 Å². The molecular weight excluding hydrogens is 428 g/mol. The summed E-state index contributed by atoms with van der Waals surface area (Å²) >= 11 is 0. The molecule has 7 heteroatoms. The van der Waals surface area contributed by atoms with Gasteiger partial charge in [-0.15, -0.1) is 0 Å². The molecule has 4 rings (SSSR count). The first-order chi connectivity index (χ1) is 15.8. The van der Waals surface area contributed by atoms with Gasteiger partial charge in [0.2, 0.25) is 0 Å². The van der Waals surface area contributed by atoms with Crippen LogP contribution in [-0.4, -0.2) is 23.4 Å². The number of carbonyl (C=O) groups excluding carboxylic acids is 2. The maximum atomic E-state index is 14.7. The fraction of sp³-hybridized carbons (Fsp3) is 0.154. The van der Waals surface area contributed by atoms with E-state index < -0.39 is 35.1 Å². The van der Waals surface area contributed by atoms with Crippen LogP contribution in [0.2, 0.25) is 0 Å². The van der Waals surface area contributed by atoms with E-state index in [9.17, 15) is 23.5 Å². The third-order valence-electron chi connectivity index (χ3n) is 5.41. The summed E-state index contributed by atoms with van der Waals surface area (Å²) in [5.74, 6) is -3.59. The summed E-state index contributed by atoms with van der Waals surface area (Å²) in [6.07, 6.45) is 0. The minimum Gasteiger partial charge on any atom is -0.507 e. The molecule has 1 heterocycles. The fourth-order valence-corrected chi connectivity index (χ4v) is 3.94. The standard InChI is InChI=1S/C26H21F2NO4/c1-3-33-19-10-7-16(8-11-19)24(30)22-23(17-6-4-5-15(2)13-17)29(26(32)25(22)31)21-12-9-18(27)14-20(21)28/h4-14,23,30H,3H2,1-2H3/b24-22+. The average Bonchev–Trinajstić information content (AvgIpc) is 3.05. The van der Waals surface area contributed by atoms with Crippen LogP contribution in [0.25, 0.3) is 5.76 Å². The molecule has 1 fully saturated rings. The van der Waals surface area contributed by atoms with Crippen LogP contribution in [0.3, 0.4) is 0 Å². The van der Waals surface area contributed by atoms with Crippen LogP contribution in [0.15, 0.2) is 72.3 Å². The van der Waals surface area contributed by atoms with E-state index in [0.717, 1.165) is 22.6 Å². The minimum absolute atomic E-state index is 0.182. The lowest BCUT2D eigenvalue weighted by atomic mass is 9.94. The van der Waals surface area contributed by atoms with E-state index in [0.29, 0.717) is 29.5 Å². The zero-order valence-electron chi connectivity index (χ0n) is 18.0. The molecule has 1 unspecified atom stereocenters. The Morgan fingerprint density at radius 1 is 1.03 bits per heavy atom. The summed E-state index contributed by atoms with van der Waals surface area (Å²) in [7, 11) is 0. The van der Waals surface area contributed by atoms with Gasteiger partial charge in [0.15, 0.2) is 0 Å². The topological polar surface area (TPSA) is 66.8 Å². The molecule has 0 aliphatic carbocycles. The second-order valence-corrected chi connectivity index (χ2v) is 7.64. The Morgan fingerprint density at radius 3 is 2.39 bits per heavy atom. The molecule has 168 valence electrons. The molecule has 33 heavy (non-hydrogen) atoms. The number of nitrogens with zero attached hydrogens (tertiary/aromatic N) is 1. The van der Waals surface area contributed by atoms with Crippen LogP contribution in [0, 0.1) is 18.6 Å². The van der Waals surface area contributed by atoms with E-state index in [4.69, 9.17) is 4.74 Å². The zero-order valence-corrected chi connectivity index (χ0v) is 18.0. The average molecular weight is 449 g/mol. The first kappa shape index (κ1) is 22.2. The summed E-state index contributed by atoms with van der Waals surface area (Å²) in [5.41, 5.74) is 1.21. The Kier molecular flexibility index (Phi) is 5.96. The van der Waals surface area contributed by atoms with Gasteiger partial charge in [0, 0.05) is 11.6 Å². The first-order valence-electron chi connectivity index (χ1n) is 10.4. The molecule has 0 aromatic heterocycles. The summed E-state index contributed by atoms with van der Waals surface area (Å²) < 4.78 is 33.6. The van der Waals surface area contributed by atoms with Crippen LogP contribution in [0.1, 0.15) is 29.7 Å². The number of rotatable bonds is 5. The number of benzene rings is 3. The molecule has 1 saturated heterocycles. The number of halogens is 2. The molecule has 1 aliphatic rings. The van der Waals surface area contributed by atoms with Crippen molar-refractivity contribution < 1.29 is 28.2 Å². The summed E-state index contributed by atoms with van der Waals surface area (Å²) in [6, 6.07) is 15.1. The molecule has 5 nitrogen and oxygen atoms in total. The van der Waals surface area contributed by atoms with Crippen molar-refractivity contribution in [3.63, 3.8) is 0 Å². The summed E-state index contributed by atoms with van der Waals surface area (Å²) in [5, 5.41) is 11.1. The van der Waals surface area contributed by atoms with Crippen LogP contribution >= 0.6 is 0 Å². The lowest BCUT2D eigenvalue weighted by Gasteiger charge is -2.26. The predicted octanol–water partition coefficient (Wildman–Crippen LogP) is 5.30. The molecular formula is C26H21F2NO4. The van der Waals surface area contributed by atoms with Crippen molar-refractivity contribution in [3.8, 4) is 5.75 Å². The molecule has 3 aromatic rings. The Hall–Kier alpha value is -4.00. The van der Waals surface area contributed by atoms with E-state index in [-0.39, 0.29) is 11.3 Å². The molecule has 0 spiro atoms. The number of hydrogen-bond donors (Lipinski definition) is 1. The normalized spacial score (nSPS) is 17.5. The minimum atomic E-state index is -1.10. The summed E-state index contributed by atoms with van der Waals surface area (Å²) in [4.78, 5) is 27.1. The summed E-state index contributed by atoms with van der Waals surface area (Å²) in [6.45, 7) is 4.14. The van der Waals surface area contributed by atoms with Gasteiger partial charge in [-0.25, -0.2) is 8.78 Å². The van der Waals surface area contributed by atoms with Crippen molar-refractivity contribution in [1.29, 1.82) is 0 Å². The number of ketones is 1. The molecule has 1 N–H and O–H groups in total. The molecule has 0 saturated carbocycles. The molecule has 1 aliphatic heterocycles. The lowest BCUT2D eigenvalue weighted by molar-refractivity contribution is -0.132. The highest BCUT2D eigenvalue weighted by Gasteiger charge is 2.47. The number of amides is 1. The fourth-order valence-electron chi connectivity index (χ4n) is 3.94. The number of aliphatic hydroxyl groups excluding tert-OH is 1. The van der Waals surface area contributed by atoms with Gasteiger partial charge in [-0.2, -0.15) is 0 Å². The van der Waals surface area contributed by atoms with Crippen LogP contribution < -0.4 is 9.64 Å². The van der Waals surface area contributed by atoms with Crippen LogP contribution in [-0.2, 0) is 9.59 Å². The second-order valence-electron chi connectivity index (χ2n) is 7.64. The van der Waals surface area contributed by atoms with E-state index >= 15 is 0 Å². The number of hydrogen-bond acceptors (Lipinski definition) is 4. The van der Waals surface area contributed by atoms with Crippen LogP contribution in [0.4, 0.5) is 14.5 Å². The van der Waals surface area contributed by atoms with Gasteiger partial charge in [0.25, 0.3) is 11.7 Å². The zero-order chi connectivity index (χ0) is 23.7. The predicted molar refractivity (Wildman–Crippen MR) is 120 cm³/mol.